The summed E-state index contributed by atoms with van der Waals surface area (Å²) in [5, 5.41) is 17.7. The maximum Gasteiger partial charge on any atom is 0.269 e. The molecule has 1 heterocycles. The zero-order valence-electron chi connectivity index (χ0n) is 12.1. The normalized spacial score (nSPS) is 10.4. The quantitative estimate of drug-likeness (QED) is 0.691. The Kier molecular flexibility index (Phi) is 4.02. The third-order valence-electron chi connectivity index (χ3n) is 3.26. The summed E-state index contributed by atoms with van der Waals surface area (Å²) in [5.74, 6) is -0.313. The van der Waals surface area contributed by atoms with Gasteiger partial charge in [0, 0.05) is 24.2 Å². The predicted octanol–water partition coefficient (Wildman–Crippen LogP) is 2.68. The number of aryl methyl sites for hydroxylation is 2. The van der Waals surface area contributed by atoms with E-state index in [2.05, 4.69) is 10.4 Å². The Hall–Kier alpha value is -2.70. The lowest BCUT2D eigenvalue weighted by atomic mass is 10.2. The number of anilines is 1. The highest BCUT2D eigenvalue weighted by Crippen LogP contribution is 2.20. The number of non-ortho nitro benzene ring substituents is 1. The molecule has 0 bridgehead atoms. The molecule has 0 aliphatic heterocycles. The number of aromatic nitrogens is 2. The van der Waals surface area contributed by atoms with Crippen molar-refractivity contribution in [2.75, 3.05) is 5.32 Å². The number of hydrogen-bond donors (Lipinski definition) is 1. The van der Waals surface area contributed by atoms with Crippen LogP contribution in [-0.2, 0) is 6.54 Å². The molecular formula is C14H16N4O3. The minimum absolute atomic E-state index is 0.0438. The third-order valence-corrected chi connectivity index (χ3v) is 3.26. The van der Waals surface area contributed by atoms with Gasteiger partial charge in [0.2, 0.25) is 0 Å². The van der Waals surface area contributed by atoms with Crippen LogP contribution in [0.25, 0.3) is 0 Å². The monoisotopic (exact) mass is 288 g/mol. The molecule has 0 unspecified atom stereocenters. The van der Waals surface area contributed by atoms with Crippen molar-refractivity contribution in [3.63, 3.8) is 0 Å². The van der Waals surface area contributed by atoms with E-state index in [1.165, 1.54) is 24.3 Å². The average molecular weight is 288 g/mol. The fourth-order valence-electron chi connectivity index (χ4n) is 2.11. The van der Waals surface area contributed by atoms with Gasteiger partial charge in [0.05, 0.1) is 22.0 Å². The maximum atomic E-state index is 12.2. The second-order valence-corrected chi connectivity index (χ2v) is 4.62. The van der Waals surface area contributed by atoms with E-state index in [0.717, 1.165) is 17.9 Å². The topological polar surface area (TPSA) is 90.1 Å². The number of nitrogens with zero attached hydrogens (tertiary/aromatic N) is 3. The molecule has 2 rings (SSSR count). The maximum absolute atomic E-state index is 12.2. The van der Waals surface area contributed by atoms with Crippen LogP contribution >= 0.6 is 0 Å². The van der Waals surface area contributed by atoms with E-state index in [9.17, 15) is 14.9 Å². The predicted molar refractivity (Wildman–Crippen MR) is 78.4 cm³/mol. The number of nitro benzene ring substituents is 1. The van der Waals surface area contributed by atoms with Crippen LogP contribution in [-0.4, -0.2) is 20.6 Å². The average Bonchev–Trinajstić information content (AvgIpc) is 2.74. The number of nitrogens with one attached hydrogen (secondary N) is 1. The molecule has 1 aromatic heterocycles. The van der Waals surface area contributed by atoms with Crippen LogP contribution in [0.5, 0.6) is 0 Å². The lowest BCUT2D eigenvalue weighted by molar-refractivity contribution is -0.384. The summed E-state index contributed by atoms with van der Waals surface area (Å²) >= 11 is 0. The first-order valence-electron chi connectivity index (χ1n) is 6.53. The van der Waals surface area contributed by atoms with Gasteiger partial charge in [-0.1, -0.05) is 0 Å². The highest BCUT2D eigenvalue weighted by Gasteiger charge is 2.15. The van der Waals surface area contributed by atoms with Gasteiger partial charge < -0.3 is 5.32 Å². The lowest BCUT2D eigenvalue weighted by Gasteiger charge is -2.06. The van der Waals surface area contributed by atoms with E-state index in [1.54, 1.807) is 4.68 Å². The lowest BCUT2D eigenvalue weighted by Crippen LogP contribution is -2.13. The van der Waals surface area contributed by atoms with Crippen LogP contribution in [0, 0.1) is 24.0 Å². The van der Waals surface area contributed by atoms with Crippen molar-refractivity contribution in [1.82, 2.24) is 9.78 Å². The largest absolute Gasteiger partial charge is 0.319 e. The second kappa shape index (κ2) is 5.74. The van der Waals surface area contributed by atoms with Crippen molar-refractivity contribution in [1.29, 1.82) is 0 Å². The van der Waals surface area contributed by atoms with Crippen LogP contribution in [0.15, 0.2) is 24.3 Å². The second-order valence-electron chi connectivity index (χ2n) is 4.62. The van der Waals surface area contributed by atoms with Crippen molar-refractivity contribution in [2.45, 2.75) is 27.3 Å². The summed E-state index contributed by atoms with van der Waals surface area (Å²) in [5.41, 5.74) is 2.62. The molecule has 7 nitrogen and oxygen atoms in total. The van der Waals surface area contributed by atoms with Gasteiger partial charge in [-0.3, -0.25) is 19.6 Å². The molecule has 0 aliphatic carbocycles. The van der Waals surface area contributed by atoms with Gasteiger partial charge in [0.1, 0.15) is 0 Å². The van der Waals surface area contributed by atoms with Gasteiger partial charge in [-0.15, -0.1) is 0 Å². The van der Waals surface area contributed by atoms with E-state index < -0.39 is 4.92 Å². The van der Waals surface area contributed by atoms with E-state index in [-0.39, 0.29) is 11.6 Å². The van der Waals surface area contributed by atoms with Crippen molar-refractivity contribution >= 4 is 17.3 Å². The summed E-state index contributed by atoms with van der Waals surface area (Å²) in [6, 6.07) is 5.49. The molecule has 21 heavy (non-hydrogen) atoms. The summed E-state index contributed by atoms with van der Waals surface area (Å²) in [6.07, 6.45) is 0. The van der Waals surface area contributed by atoms with Crippen LogP contribution in [0.3, 0.4) is 0 Å². The van der Waals surface area contributed by atoms with Crippen molar-refractivity contribution in [2.24, 2.45) is 0 Å². The molecule has 0 fully saturated rings. The summed E-state index contributed by atoms with van der Waals surface area (Å²) in [6.45, 7) is 6.40. The minimum Gasteiger partial charge on any atom is -0.319 e. The summed E-state index contributed by atoms with van der Waals surface area (Å²) < 4.78 is 1.81. The molecule has 0 saturated heterocycles. The van der Waals surface area contributed by atoms with E-state index in [4.69, 9.17) is 0 Å². The Balaban J connectivity index is 2.22. The number of benzene rings is 1. The Morgan fingerprint density at radius 3 is 2.43 bits per heavy atom. The molecule has 0 aliphatic rings. The SMILES string of the molecule is CCn1nc(C)c(NC(=O)c2ccc([N+](=O)[O-])cc2)c1C. The molecule has 0 atom stereocenters. The summed E-state index contributed by atoms with van der Waals surface area (Å²) in [7, 11) is 0. The van der Waals surface area contributed by atoms with Crippen LogP contribution < -0.4 is 5.32 Å². The number of amides is 1. The van der Waals surface area contributed by atoms with E-state index in [0.29, 0.717) is 11.3 Å². The molecule has 0 spiro atoms. The standard InChI is InChI=1S/C14H16N4O3/c1-4-17-10(3)13(9(2)16-17)15-14(19)11-5-7-12(8-6-11)18(20)21/h5-8H,4H2,1-3H3,(H,15,19). The van der Waals surface area contributed by atoms with Gasteiger partial charge in [-0.25, -0.2) is 0 Å². The molecule has 0 saturated carbocycles. The van der Waals surface area contributed by atoms with Crippen LogP contribution in [0.4, 0.5) is 11.4 Å². The van der Waals surface area contributed by atoms with Crippen molar-refractivity contribution in [3.8, 4) is 0 Å². The smallest absolute Gasteiger partial charge is 0.269 e. The summed E-state index contributed by atoms with van der Waals surface area (Å²) in [4.78, 5) is 22.3. The molecular weight excluding hydrogens is 272 g/mol. The molecule has 1 amide bonds. The van der Waals surface area contributed by atoms with Gasteiger partial charge in [-0.05, 0) is 32.9 Å². The van der Waals surface area contributed by atoms with Crippen molar-refractivity contribution < 1.29 is 9.72 Å². The fourth-order valence-corrected chi connectivity index (χ4v) is 2.11. The molecule has 0 radical (unpaired) electrons. The Morgan fingerprint density at radius 2 is 1.95 bits per heavy atom. The molecule has 1 N–H and O–H groups in total. The number of carbonyl (C=O) groups is 1. The Labute approximate surface area is 121 Å². The minimum atomic E-state index is -0.499. The third kappa shape index (κ3) is 2.91. The Morgan fingerprint density at radius 1 is 1.33 bits per heavy atom. The van der Waals surface area contributed by atoms with Gasteiger partial charge in [-0.2, -0.15) is 5.10 Å². The number of hydrogen-bond acceptors (Lipinski definition) is 4. The van der Waals surface area contributed by atoms with Crippen molar-refractivity contribution in [3.05, 3.63) is 51.3 Å². The van der Waals surface area contributed by atoms with E-state index in [1.807, 2.05) is 20.8 Å². The van der Waals surface area contributed by atoms with Gasteiger partial charge in [0.15, 0.2) is 0 Å². The number of rotatable bonds is 4. The number of nitro groups is 1. The number of carbonyl (C=O) groups excluding carboxylic acids is 1. The van der Waals surface area contributed by atoms with Gasteiger partial charge in [0.25, 0.3) is 11.6 Å². The molecule has 7 heteroatoms. The highest BCUT2D eigenvalue weighted by molar-refractivity contribution is 6.05. The van der Waals surface area contributed by atoms with Gasteiger partial charge >= 0.3 is 0 Å². The van der Waals surface area contributed by atoms with E-state index >= 15 is 0 Å². The van der Waals surface area contributed by atoms with Crippen LogP contribution in [0.1, 0.15) is 28.7 Å². The fraction of sp³-hybridized carbons (Fsp3) is 0.286. The molecule has 2 aromatic rings. The zero-order valence-corrected chi connectivity index (χ0v) is 12.1. The first-order chi connectivity index (χ1) is 9.93. The first-order valence-corrected chi connectivity index (χ1v) is 6.53. The molecule has 1 aromatic carbocycles. The first kappa shape index (κ1) is 14.7. The Bertz CT molecular complexity index is 689. The molecule has 110 valence electrons. The highest BCUT2D eigenvalue weighted by atomic mass is 16.6. The van der Waals surface area contributed by atoms with Crippen LogP contribution in [0.2, 0.25) is 0 Å². The zero-order chi connectivity index (χ0) is 15.6.